The van der Waals surface area contributed by atoms with Crippen LogP contribution in [-0.4, -0.2) is 0 Å². The molecule has 0 bridgehead atoms. The summed E-state index contributed by atoms with van der Waals surface area (Å²) in [4.78, 5) is 0. The average molecular weight is 395 g/mol. The van der Waals surface area contributed by atoms with E-state index >= 15 is 0 Å². The molecule has 1 N–H and O–H groups in total. The largest absolute Gasteiger partial charge is 0.339 e. The van der Waals surface area contributed by atoms with Gasteiger partial charge in [0.25, 0.3) is 0 Å². The zero-order valence-corrected chi connectivity index (χ0v) is 15.4. The van der Waals surface area contributed by atoms with Crippen molar-refractivity contribution in [1.29, 1.82) is 0 Å². The van der Waals surface area contributed by atoms with Gasteiger partial charge in [0, 0.05) is 15.4 Å². The lowest BCUT2D eigenvalue weighted by molar-refractivity contribution is -0.641. The van der Waals surface area contributed by atoms with Crippen molar-refractivity contribution in [2.45, 2.75) is 6.92 Å². The predicted molar refractivity (Wildman–Crippen MR) is 98.1 cm³/mol. The van der Waals surface area contributed by atoms with Crippen molar-refractivity contribution in [2.24, 2.45) is 7.05 Å². The second-order valence-electron chi connectivity index (χ2n) is 5.05. The van der Waals surface area contributed by atoms with Crippen molar-refractivity contribution in [2.75, 3.05) is 5.32 Å². The van der Waals surface area contributed by atoms with Crippen LogP contribution in [-0.2, 0) is 7.05 Å². The van der Waals surface area contributed by atoms with E-state index in [1.54, 1.807) is 11.3 Å². The first kappa shape index (κ1) is 15.5. The van der Waals surface area contributed by atoms with Gasteiger partial charge in [0.1, 0.15) is 11.4 Å². The molecule has 3 aromatic rings. The van der Waals surface area contributed by atoms with Gasteiger partial charge in [-0.2, -0.15) is 0 Å². The van der Waals surface area contributed by atoms with Crippen molar-refractivity contribution in [3.63, 3.8) is 0 Å². The molecule has 0 amide bonds. The topological polar surface area (TPSA) is 15.9 Å². The summed E-state index contributed by atoms with van der Waals surface area (Å²) in [5.74, 6) is 0. The number of aryl methyl sites for hydroxylation is 1. The molecule has 2 aromatic carbocycles. The molecule has 0 fully saturated rings. The van der Waals surface area contributed by atoms with E-state index in [9.17, 15) is 0 Å². The minimum absolute atomic E-state index is 0.766. The minimum atomic E-state index is 0.766. The number of halogens is 2. The minimum Gasteiger partial charge on any atom is -0.231 e. The van der Waals surface area contributed by atoms with Gasteiger partial charge in [0.05, 0.1) is 12.1 Å². The molecule has 5 heteroatoms. The number of thiazole rings is 1. The third-order valence-electron chi connectivity index (χ3n) is 3.53. The smallest absolute Gasteiger partial charge is 0.231 e. The molecular weight excluding hydrogens is 380 g/mol. The quantitative estimate of drug-likeness (QED) is 0.563. The van der Waals surface area contributed by atoms with Crippen LogP contribution in [0.25, 0.3) is 11.3 Å². The summed E-state index contributed by atoms with van der Waals surface area (Å²) >= 11 is 11.5. The summed E-state index contributed by atoms with van der Waals surface area (Å²) in [5.41, 5.74) is 4.45. The average Bonchev–Trinajstić information content (AvgIpc) is 2.84. The Hall–Kier alpha value is -1.36. The zero-order chi connectivity index (χ0) is 15.7. The molecule has 0 spiro atoms. The Morgan fingerprint density at radius 3 is 2.68 bits per heavy atom. The summed E-state index contributed by atoms with van der Waals surface area (Å²) in [6.07, 6.45) is 0. The van der Waals surface area contributed by atoms with E-state index in [1.165, 1.54) is 5.56 Å². The van der Waals surface area contributed by atoms with E-state index < -0.39 is 0 Å². The maximum absolute atomic E-state index is 6.31. The Balaban J connectivity index is 1.96. The van der Waals surface area contributed by atoms with Gasteiger partial charge in [-0.05, 0) is 42.8 Å². The van der Waals surface area contributed by atoms with Crippen molar-refractivity contribution in [3.8, 4) is 11.3 Å². The summed E-state index contributed by atoms with van der Waals surface area (Å²) < 4.78 is 3.22. The lowest BCUT2D eigenvalue weighted by atomic mass is 10.2. The highest BCUT2D eigenvalue weighted by Gasteiger charge is 2.18. The molecule has 0 saturated carbocycles. The number of hydrogen-bond donors (Lipinski definition) is 1. The van der Waals surface area contributed by atoms with Gasteiger partial charge in [-0.25, -0.2) is 9.88 Å². The van der Waals surface area contributed by atoms with Crippen LogP contribution >= 0.6 is 38.9 Å². The lowest BCUT2D eigenvalue weighted by Gasteiger charge is -2.05. The Bertz CT molecular complexity index is 829. The first-order valence-corrected chi connectivity index (χ1v) is 8.87. The van der Waals surface area contributed by atoms with Gasteiger partial charge in [-0.1, -0.05) is 51.0 Å². The van der Waals surface area contributed by atoms with Crippen molar-refractivity contribution in [1.82, 2.24) is 0 Å². The van der Waals surface area contributed by atoms with Crippen molar-refractivity contribution in [3.05, 3.63) is 62.9 Å². The monoisotopic (exact) mass is 393 g/mol. The Morgan fingerprint density at radius 2 is 1.95 bits per heavy atom. The third-order valence-corrected chi connectivity index (χ3v) is 5.29. The number of hydrogen-bond acceptors (Lipinski definition) is 2. The van der Waals surface area contributed by atoms with E-state index in [0.717, 1.165) is 31.6 Å². The molecule has 1 aromatic heterocycles. The van der Waals surface area contributed by atoms with Crippen LogP contribution in [0.15, 0.2) is 52.3 Å². The second kappa shape index (κ2) is 6.41. The summed E-state index contributed by atoms with van der Waals surface area (Å²) in [6, 6.07) is 14.1. The molecule has 3 rings (SSSR count). The van der Waals surface area contributed by atoms with Crippen LogP contribution in [0.1, 0.15) is 5.56 Å². The molecule has 0 aliphatic rings. The number of benzene rings is 2. The molecule has 0 aliphatic heterocycles. The molecule has 1 heterocycles. The molecule has 2 nitrogen and oxygen atoms in total. The standard InChI is InChI=1S/C17H14BrClN2S/c1-11-9-12(18)7-8-15(11)20-17-21(2)16(10-22-17)13-5-3-4-6-14(13)19/h3-10H,1-2H3/p+1. The number of nitrogens with one attached hydrogen (secondary N) is 1. The van der Waals surface area contributed by atoms with Gasteiger partial charge in [-0.15, -0.1) is 0 Å². The van der Waals surface area contributed by atoms with Crippen LogP contribution in [0.3, 0.4) is 0 Å². The predicted octanol–water partition coefficient (Wildman–Crippen LogP) is 5.71. The first-order valence-electron chi connectivity index (χ1n) is 6.82. The Morgan fingerprint density at radius 1 is 1.18 bits per heavy atom. The van der Waals surface area contributed by atoms with E-state index in [1.807, 2.05) is 37.4 Å². The highest BCUT2D eigenvalue weighted by atomic mass is 79.9. The molecule has 0 radical (unpaired) electrons. The van der Waals surface area contributed by atoms with E-state index in [-0.39, 0.29) is 0 Å². The molecule has 0 aliphatic carbocycles. The summed E-state index contributed by atoms with van der Waals surface area (Å²) in [7, 11) is 2.05. The summed E-state index contributed by atoms with van der Waals surface area (Å²) in [5, 5.41) is 7.45. The number of aromatic nitrogens is 1. The number of rotatable bonds is 3. The van der Waals surface area contributed by atoms with E-state index in [2.05, 4.69) is 50.3 Å². The maximum Gasteiger partial charge on any atom is 0.339 e. The SMILES string of the molecule is Cc1cc(Br)ccc1Nc1scc(-c2ccccc2Cl)[n+]1C. The normalized spacial score (nSPS) is 10.7. The molecule has 22 heavy (non-hydrogen) atoms. The maximum atomic E-state index is 6.31. The fourth-order valence-corrected chi connectivity index (χ4v) is 3.93. The first-order chi connectivity index (χ1) is 10.6. The molecule has 112 valence electrons. The number of nitrogens with zero attached hydrogens (tertiary/aromatic N) is 1. The Kier molecular flexibility index (Phi) is 4.52. The van der Waals surface area contributed by atoms with Crippen LogP contribution < -0.4 is 9.88 Å². The van der Waals surface area contributed by atoms with Crippen LogP contribution in [0, 0.1) is 6.92 Å². The van der Waals surface area contributed by atoms with Gasteiger partial charge in [0.15, 0.2) is 0 Å². The zero-order valence-electron chi connectivity index (χ0n) is 12.2. The van der Waals surface area contributed by atoms with E-state index in [4.69, 9.17) is 11.6 Å². The fourth-order valence-electron chi connectivity index (χ4n) is 2.29. The van der Waals surface area contributed by atoms with Crippen LogP contribution in [0.2, 0.25) is 5.02 Å². The number of anilines is 2. The third kappa shape index (κ3) is 3.05. The van der Waals surface area contributed by atoms with Gasteiger partial charge in [0.2, 0.25) is 0 Å². The molecule has 0 saturated heterocycles. The second-order valence-corrected chi connectivity index (χ2v) is 7.23. The molecule has 0 unspecified atom stereocenters. The van der Waals surface area contributed by atoms with Crippen LogP contribution in [0.4, 0.5) is 10.8 Å². The van der Waals surface area contributed by atoms with Crippen LogP contribution in [0.5, 0.6) is 0 Å². The Labute approximate surface area is 147 Å². The highest BCUT2D eigenvalue weighted by molar-refractivity contribution is 9.10. The fraction of sp³-hybridized carbons (Fsp3) is 0.118. The van der Waals surface area contributed by atoms with Gasteiger partial charge >= 0.3 is 5.13 Å². The molecule has 0 atom stereocenters. The molecular formula is C17H15BrClN2S+. The van der Waals surface area contributed by atoms with Gasteiger partial charge in [-0.3, -0.25) is 0 Å². The van der Waals surface area contributed by atoms with Crippen molar-refractivity contribution >= 4 is 49.7 Å². The summed E-state index contributed by atoms with van der Waals surface area (Å²) in [6.45, 7) is 2.09. The van der Waals surface area contributed by atoms with Crippen molar-refractivity contribution < 1.29 is 4.57 Å². The van der Waals surface area contributed by atoms with E-state index in [0.29, 0.717) is 0 Å². The highest BCUT2D eigenvalue weighted by Crippen LogP contribution is 2.30. The lowest BCUT2D eigenvalue weighted by Crippen LogP contribution is -2.31. The van der Waals surface area contributed by atoms with Gasteiger partial charge < -0.3 is 0 Å².